The largest absolute Gasteiger partial charge is 0.497 e. The van der Waals surface area contributed by atoms with Crippen LogP contribution in [0.4, 0.5) is 15.5 Å². The topological polar surface area (TPSA) is 99.6 Å². The van der Waals surface area contributed by atoms with Crippen LogP contribution in [0, 0.1) is 5.92 Å². The molecule has 1 spiro atoms. The molecule has 1 N–H and O–H groups in total. The fraction of sp³-hybridized carbons (Fsp3) is 0.531. The lowest BCUT2D eigenvalue weighted by Crippen LogP contribution is -2.45. The maximum atomic E-state index is 16.2. The lowest BCUT2D eigenvalue weighted by atomic mass is 9.82. The average Bonchev–Trinajstić information content (AvgIpc) is 3.63. The summed E-state index contributed by atoms with van der Waals surface area (Å²) in [4.78, 5) is 45.1. The summed E-state index contributed by atoms with van der Waals surface area (Å²) in [5, 5.41) is 9.79. The maximum absolute atomic E-state index is 16.2. The number of β-lactam (4-membered cyclic amide) rings is 1. The van der Waals surface area contributed by atoms with E-state index in [4.69, 9.17) is 9.47 Å². The molecule has 230 valence electrons. The average molecular weight is 610 g/mol. The molecular weight excluding hydrogens is 569 g/mol. The number of carbonyl (C=O) groups is 3. The van der Waals surface area contributed by atoms with Crippen molar-refractivity contribution in [3.05, 3.63) is 53.6 Å². The maximum Gasteiger partial charge on any atom is 0.264 e. The fourth-order valence-corrected chi connectivity index (χ4v) is 10.2. The van der Waals surface area contributed by atoms with Gasteiger partial charge in [0.2, 0.25) is 20.2 Å². The number of ether oxygens (including phenoxy) is 2. The molecule has 3 saturated heterocycles. The second-order valence-corrected chi connectivity index (χ2v) is 16.6. The van der Waals surface area contributed by atoms with Crippen LogP contribution >= 0.6 is 0 Å². The first-order valence-corrected chi connectivity index (χ1v) is 18.1. The molecule has 0 aliphatic carbocycles. The highest BCUT2D eigenvalue weighted by Gasteiger charge is 2.67. The highest BCUT2D eigenvalue weighted by molar-refractivity contribution is 6.72. The monoisotopic (exact) mass is 609 g/mol. The van der Waals surface area contributed by atoms with Crippen LogP contribution in [-0.2, 0) is 31.3 Å². The molecule has 4 aliphatic heterocycles. The number of aliphatic hydroxyl groups excluding tert-OH is 1. The van der Waals surface area contributed by atoms with Crippen molar-refractivity contribution in [2.24, 2.45) is 5.92 Å². The summed E-state index contributed by atoms with van der Waals surface area (Å²) in [7, 11) is -1.89. The van der Waals surface area contributed by atoms with Gasteiger partial charge in [0.05, 0.1) is 44.5 Å². The van der Waals surface area contributed by atoms with Gasteiger partial charge in [-0.15, -0.1) is 0 Å². The fourth-order valence-electron chi connectivity index (χ4n) is 7.71. The summed E-state index contributed by atoms with van der Waals surface area (Å²) in [5.41, 5.74) is 0.920. The van der Waals surface area contributed by atoms with E-state index in [1.807, 2.05) is 37.3 Å². The van der Waals surface area contributed by atoms with E-state index in [-0.39, 0.29) is 43.3 Å². The Morgan fingerprint density at radius 3 is 2.51 bits per heavy atom. The van der Waals surface area contributed by atoms with Crippen molar-refractivity contribution in [2.45, 2.75) is 75.5 Å². The molecule has 6 rings (SSSR count). The minimum absolute atomic E-state index is 0.0448. The van der Waals surface area contributed by atoms with E-state index in [1.165, 1.54) is 0 Å². The number of benzene rings is 2. The summed E-state index contributed by atoms with van der Waals surface area (Å²) in [6.07, 6.45) is 1.26. The van der Waals surface area contributed by atoms with Gasteiger partial charge >= 0.3 is 0 Å². The molecule has 5 atom stereocenters. The number of hydrogen-bond donors (Lipinski definition) is 1. The van der Waals surface area contributed by atoms with Gasteiger partial charge in [-0.25, -0.2) is 0 Å². The summed E-state index contributed by atoms with van der Waals surface area (Å²) >= 11 is 0. The number of methoxy groups -OCH3 is 1. The number of hydrogen-bond acceptors (Lipinski definition) is 6. The smallest absolute Gasteiger partial charge is 0.264 e. The summed E-state index contributed by atoms with van der Waals surface area (Å²) in [6, 6.07) is 12.8. The number of amides is 3. The lowest BCUT2D eigenvalue weighted by Gasteiger charge is -2.31. The highest BCUT2D eigenvalue weighted by Crippen LogP contribution is 2.60. The molecule has 4 aliphatic rings. The van der Waals surface area contributed by atoms with Gasteiger partial charge in [0.1, 0.15) is 5.75 Å². The Kier molecular flexibility index (Phi) is 7.63. The Morgan fingerprint density at radius 2 is 1.91 bits per heavy atom. The number of likely N-dealkylation sites (tertiary alicyclic amines) is 1. The number of aliphatic hydroxyl groups is 1. The minimum atomic E-state index is -3.44. The van der Waals surface area contributed by atoms with Crippen molar-refractivity contribution in [3.8, 4) is 5.75 Å². The van der Waals surface area contributed by atoms with Crippen LogP contribution in [0.25, 0.3) is 0 Å². The Hall–Kier alpha value is -3.28. The van der Waals surface area contributed by atoms with E-state index >= 15 is 4.11 Å². The standard InChI is InChI=1S/C32H40FN3O6Si/c1-20-30(43(3,4)33)27(17-29(39)34-14-5-6-23(34)19-37)42-32(20)25-16-24(41-2)11-12-26(25)36(31(32)40)18-21-7-9-22(10-8-21)35-15-13-28(35)38/h7-12,16,20,23,27,30,37H,5-6,13-15,17-19H2,1-4H3/t20-,23+,27+,30-,32+/m1/s1. The summed E-state index contributed by atoms with van der Waals surface area (Å²) in [6.45, 7) is 6.52. The Labute approximate surface area is 252 Å². The van der Waals surface area contributed by atoms with Crippen molar-refractivity contribution in [1.82, 2.24) is 4.90 Å². The minimum Gasteiger partial charge on any atom is -0.497 e. The number of carbonyl (C=O) groups excluding carboxylic acids is 3. The first-order valence-electron chi connectivity index (χ1n) is 15.2. The number of rotatable bonds is 8. The molecule has 0 radical (unpaired) electrons. The van der Waals surface area contributed by atoms with E-state index in [1.54, 1.807) is 47.0 Å². The Morgan fingerprint density at radius 1 is 1.16 bits per heavy atom. The van der Waals surface area contributed by atoms with Gasteiger partial charge in [-0.1, -0.05) is 19.1 Å². The number of fused-ring (bicyclic) bond motifs is 2. The van der Waals surface area contributed by atoms with Gasteiger partial charge in [0, 0.05) is 42.2 Å². The molecule has 43 heavy (non-hydrogen) atoms. The van der Waals surface area contributed by atoms with Crippen molar-refractivity contribution >= 4 is 37.5 Å². The second kappa shape index (κ2) is 11.0. The van der Waals surface area contributed by atoms with Crippen LogP contribution in [0.5, 0.6) is 5.75 Å². The normalized spacial score (nSPS) is 28.6. The highest BCUT2D eigenvalue weighted by atomic mass is 28.4. The van der Waals surface area contributed by atoms with Crippen LogP contribution in [0.3, 0.4) is 0 Å². The van der Waals surface area contributed by atoms with Crippen molar-refractivity contribution in [3.63, 3.8) is 0 Å². The van der Waals surface area contributed by atoms with Gasteiger partial charge in [-0.05, 0) is 61.8 Å². The first-order chi connectivity index (χ1) is 20.5. The van der Waals surface area contributed by atoms with E-state index in [2.05, 4.69) is 0 Å². The first kappa shape index (κ1) is 29.8. The van der Waals surface area contributed by atoms with Crippen molar-refractivity contribution in [2.75, 3.05) is 36.6 Å². The third kappa shape index (κ3) is 4.85. The molecule has 9 nitrogen and oxygen atoms in total. The molecule has 11 heteroatoms. The SMILES string of the molecule is COc1ccc2c(c1)[C@]1(O[C@@H](CC(=O)N3CCC[C@H]3CO)[C@H]([Si](C)(C)F)[C@H]1C)C(=O)N2Cc1ccc(N2CCC2=O)cc1. The molecule has 0 saturated carbocycles. The molecule has 0 aromatic heterocycles. The second-order valence-electron chi connectivity index (χ2n) is 12.8. The van der Waals surface area contributed by atoms with Crippen LogP contribution in [0.1, 0.15) is 43.7 Å². The molecule has 2 aromatic rings. The zero-order chi connectivity index (χ0) is 30.7. The van der Waals surface area contributed by atoms with Crippen LogP contribution in [0.2, 0.25) is 18.6 Å². The molecule has 3 amide bonds. The number of anilines is 2. The molecule has 0 unspecified atom stereocenters. The zero-order valence-electron chi connectivity index (χ0n) is 25.2. The predicted molar refractivity (Wildman–Crippen MR) is 162 cm³/mol. The van der Waals surface area contributed by atoms with Crippen LogP contribution in [0.15, 0.2) is 42.5 Å². The van der Waals surface area contributed by atoms with E-state index < -0.39 is 31.6 Å². The van der Waals surface area contributed by atoms with Crippen molar-refractivity contribution in [1.29, 1.82) is 0 Å². The lowest BCUT2D eigenvalue weighted by molar-refractivity contribution is -0.150. The molecule has 3 fully saturated rings. The van der Waals surface area contributed by atoms with Crippen LogP contribution in [-0.4, -0.2) is 75.1 Å². The summed E-state index contributed by atoms with van der Waals surface area (Å²) < 4.78 is 28.5. The Bertz CT molecular complexity index is 1430. The van der Waals surface area contributed by atoms with Crippen LogP contribution < -0.4 is 14.5 Å². The van der Waals surface area contributed by atoms with E-state index in [0.29, 0.717) is 36.5 Å². The number of nitrogens with zero attached hydrogens (tertiary/aromatic N) is 3. The van der Waals surface area contributed by atoms with Gasteiger partial charge < -0.3 is 33.4 Å². The zero-order valence-corrected chi connectivity index (χ0v) is 26.2. The number of halogens is 1. The van der Waals surface area contributed by atoms with Gasteiger partial charge in [0.25, 0.3) is 5.91 Å². The van der Waals surface area contributed by atoms with Crippen molar-refractivity contribution < 1.29 is 33.1 Å². The van der Waals surface area contributed by atoms with Gasteiger partial charge in [0.15, 0.2) is 5.60 Å². The quantitative estimate of drug-likeness (QED) is 0.275. The molecule has 0 bridgehead atoms. The van der Waals surface area contributed by atoms with Gasteiger partial charge in [-0.3, -0.25) is 14.4 Å². The third-order valence-corrected chi connectivity index (χ3v) is 12.3. The molecule has 2 aromatic carbocycles. The van der Waals surface area contributed by atoms with Gasteiger partial charge in [-0.2, -0.15) is 0 Å². The molecular formula is C32H40FN3O6Si. The third-order valence-electron chi connectivity index (χ3n) is 9.89. The molecule has 4 heterocycles. The predicted octanol–water partition coefficient (Wildman–Crippen LogP) is 4.13. The summed E-state index contributed by atoms with van der Waals surface area (Å²) in [5.74, 6) is -0.339. The van der Waals surface area contributed by atoms with E-state index in [9.17, 15) is 19.5 Å². The van der Waals surface area contributed by atoms with E-state index in [0.717, 1.165) is 24.1 Å². The Balaban J connectivity index is 1.35.